The lowest BCUT2D eigenvalue weighted by Crippen LogP contribution is -2.33. The minimum atomic E-state index is -1.00. The van der Waals surface area contributed by atoms with Gasteiger partial charge >= 0.3 is 11.9 Å². The number of hydrogen-bond acceptors (Lipinski definition) is 8. The van der Waals surface area contributed by atoms with Crippen molar-refractivity contribution < 1.29 is 28.6 Å². The van der Waals surface area contributed by atoms with Crippen LogP contribution in [-0.2, 0) is 19.1 Å². The highest BCUT2D eigenvalue weighted by Crippen LogP contribution is 2.41. The Labute approximate surface area is 160 Å². The van der Waals surface area contributed by atoms with E-state index in [4.69, 9.17) is 14.1 Å². The maximum absolute atomic E-state index is 12.5. The van der Waals surface area contributed by atoms with Crippen LogP contribution < -0.4 is 10.2 Å². The lowest BCUT2D eigenvalue weighted by atomic mass is 9.81. The molecule has 0 spiro atoms. The van der Waals surface area contributed by atoms with Gasteiger partial charge in [-0.15, -0.1) is 0 Å². The molecule has 9 nitrogen and oxygen atoms in total. The summed E-state index contributed by atoms with van der Waals surface area (Å²) in [5.74, 6) is -2.33. The van der Waals surface area contributed by atoms with E-state index in [9.17, 15) is 14.8 Å². The van der Waals surface area contributed by atoms with Gasteiger partial charge in [-0.2, -0.15) is 0 Å². The Hall–Kier alpha value is -3.62. The van der Waals surface area contributed by atoms with Crippen molar-refractivity contribution in [3.63, 3.8) is 0 Å². The van der Waals surface area contributed by atoms with Crippen molar-refractivity contribution in [3.05, 3.63) is 63.8 Å². The van der Waals surface area contributed by atoms with Gasteiger partial charge in [-0.05, 0) is 18.8 Å². The molecule has 2 aromatic rings. The lowest BCUT2D eigenvalue weighted by molar-refractivity contribution is -0.793. The fourth-order valence-corrected chi connectivity index (χ4v) is 3.33. The Bertz CT molecular complexity index is 952. The average Bonchev–Trinajstić information content (AvgIpc) is 3.08. The van der Waals surface area contributed by atoms with E-state index in [0.717, 1.165) is 0 Å². The van der Waals surface area contributed by atoms with Gasteiger partial charge in [0, 0.05) is 22.1 Å². The third kappa shape index (κ3) is 3.11. The van der Waals surface area contributed by atoms with E-state index < -0.39 is 17.9 Å². The molecule has 0 atom stereocenters. The van der Waals surface area contributed by atoms with Crippen LogP contribution in [0.5, 0.6) is 0 Å². The van der Waals surface area contributed by atoms with Crippen molar-refractivity contribution in [2.75, 3.05) is 14.2 Å². The van der Waals surface area contributed by atoms with Crippen molar-refractivity contribution in [3.8, 4) is 11.3 Å². The summed E-state index contributed by atoms with van der Waals surface area (Å²) >= 11 is 0. The maximum atomic E-state index is 12.5. The predicted molar refractivity (Wildman–Crippen MR) is 96.2 cm³/mol. The SMILES string of the molecule is COC(=O)C1=C(C)NC(C)=C(C(=O)OC)C1c1no[n+]([O-])c1-c1ccccc1. The summed E-state index contributed by atoms with van der Waals surface area (Å²) < 4.78 is 14.7. The molecule has 9 heteroatoms. The van der Waals surface area contributed by atoms with Gasteiger partial charge in [-0.25, -0.2) is 9.59 Å². The molecule has 1 aromatic carbocycles. The molecule has 0 fully saturated rings. The molecule has 1 aliphatic heterocycles. The van der Waals surface area contributed by atoms with E-state index >= 15 is 0 Å². The molecule has 0 amide bonds. The molecular weight excluding hydrogens is 366 g/mol. The molecule has 0 aliphatic carbocycles. The maximum Gasteiger partial charge on any atom is 0.336 e. The zero-order valence-electron chi connectivity index (χ0n) is 15.8. The first kappa shape index (κ1) is 19.2. The number of ether oxygens (including phenoxy) is 2. The molecule has 1 aromatic heterocycles. The molecule has 146 valence electrons. The summed E-state index contributed by atoms with van der Waals surface area (Å²) in [7, 11) is 2.47. The number of esters is 2. The van der Waals surface area contributed by atoms with Crippen LogP contribution in [0, 0.1) is 5.21 Å². The minimum absolute atomic E-state index is 0.0934. The van der Waals surface area contributed by atoms with Gasteiger partial charge in [0.05, 0.1) is 31.3 Å². The number of benzene rings is 1. The fourth-order valence-electron chi connectivity index (χ4n) is 3.33. The quantitative estimate of drug-likeness (QED) is 0.622. The van der Waals surface area contributed by atoms with Crippen molar-refractivity contribution in [2.45, 2.75) is 19.8 Å². The molecule has 28 heavy (non-hydrogen) atoms. The number of nitrogens with one attached hydrogen (secondary N) is 1. The van der Waals surface area contributed by atoms with E-state index in [1.807, 2.05) is 0 Å². The molecule has 0 saturated carbocycles. The Morgan fingerprint density at radius 3 is 2.11 bits per heavy atom. The Morgan fingerprint density at radius 2 is 1.61 bits per heavy atom. The van der Waals surface area contributed by atoms with Crippen LogP contribution in [0.4, 0.5) is 0 Å². The first-order valence-corrected chi connectivity index (χ1v) is 8.40. The van der Waals surface area contributed by atoms with E-state index in [1.165, 1.54) is 14.2 Å². The standard InChI is InChI=1S/C19H19N3O6/c1-10-13(18(23)26-3)15(14(11(2)20-10)19(24)27-4)16-17(22(25)28-21-16)12-8-6-5-7-9-12/h5-9,15,20H,1-4H3. The average molecular weight is 385 g/mol. The van der Waals surface area contributed by atoms with Crippen LogP contribution >= 0.6 is 0 Å². The predicted octanol–water partition coefficient (Wildman–Crippen LogP) is 1.56. The van der Waals surface area contributed by atoms with Gasteiger partial charge in [0.2, 0.25) is 11.4 Å². The Balaban J connectivity index is 2.30. The monoisotopic (exact) mass is 385 g/mol. The number of dihydropyridines is 1. The van der Waals surface area contributed by atoms with Crippen molar-refractivity contribution in [1.82, 2.24) is 10.5 Å². The molecular formula is C19H19N3O6. The largest absolute Gasteiger partial charge is 0.466 e. The second-order valence-corrected chi connectivity index (χ2v) is 6.15. The molecule has 1 aliphatic rings. The molecule has 0 unspecified atom stereocenters. The zero-order valence-corrected chi connectivity index (χ0v) is 15.8. The highest BCUT2D eigenvalue weighted by atomic mass is 16.8. The van der Waals surface area contributed by atoms with E-state index in [2.05, 4.69) is 10.5 Å². The number of carbonyl (C=O) groups excluding carboxylic acids is 2. The van der Waals surface area contributed by atoms with E-state index in [-0.39, 0.29) is 27.4 Å². The number of nitrogens with zero attached hydrogens (tertiary/aromatic N) is 2. The first-order valence-electron chi connectivity index (χ1n) is 8.40. The molecule has 2 heterocycles. The highest BCUT2D eigenvalue weighted by Gasteiger charge is 2.44. The van der Waals surface area contributed by atoms with Gasteiger partial charge in [0.25, 0.3) is 0 Å². The number of aromatic nitrogens is 2. The van der Waals surface area contributed by atoms with Gasteiger partial charge in [0.15, 0.2) is 0 Å². The second-order valence-electron chi connectivity index (χ2n) is 6.15. The number of carbonyl (C=O) groups is 2. The first-order chi connectivity index (χ1) is 13.4. The summed E-state index contributed by atoms with van der Waals surface area (Å²) in [4.78, 5) is 25.3. The van der Waals surface area contributed by atoms with Gasteiger partial charge in [-0.3, -0.25) is 4.63 Å². The molecule has 0 bridgehead atoms. The van der Waals surface area contributed by atoms with E-state index in [1.54, 1.807) is 44.2 Å². The lowest BCUT2D eigenvalue weighted by Gasteiger charge is -2.27. The molecule has 0 saturated heterocycles. The summed E-state index contributed by atoms with van der Waals surface area (Å²) in [6, 6.07) is 8.70. The van der Waals surface area contributed by atoms with Crippen LogP contribution in [0.2, 0.25) is 0 Å². The second kappa shape index (κ2) is 7.55. The summed E-state index contributed by atoms with van der Waals surface area (Å²) in [6.45, 7) is 3.34. The van der Waals surface area contributed by atoms with Gasteiger partial charge < -0.3 is 20.0 Å². The van der Waals surface area contributed by atoms with Crippen LogP contribution in [-0.4, -0.2) is 31.3 Å². The molecule has 3 rings (SSSR count). The molecule has 1 N–H and O–H groups in total. The number of rotatable bonds is 4. The van der Waals surface area contributed by atoms with Crippen molar-refractivity contribution >= 4 is 11.9 Å². The van der Waals surface area contributed by atoms with Crippen LogP contribution in [0.15, 0.2) is 57.5 Å². The zero-order chi connectivity index (χ0) is 20.4. The van der Waals surface area contributed by atoms with Crippen molar-refractivity contribution in [2.24, 2.45) is 0 Å². The van der Waals surface area contributed by atoms with Crippen LogP contribution in [0.25, 0.3) is 11.3 Å². The number of hydrogen-bond donors (Lipinski definition) is 1. The van der Waals surface area contributed by atoms with Gasteiger partial charge in [0.1, 0.15) is 0 Å². The minimum Gasteiger partial charge on any atom is -0.466 e. The van der Waals surface area contributed by atoms with Crippen LogP contribution in [0.3, 0.4) is 0 Å². The number of methoxy groups -OCH3 is 2. The smallest absolute Gasteiger partial charge is 0.336 e. The van der Waals surface area contributed by atoms with Gasteiger partial charge in [-0.1, -0.05) is 30.3 Å². The fraction of sp³-hybridized carbons (Fsp3) is 0.263. The normalized spacial score (nSPS) is 14.7. The summed E-state index contributed by atoms with van der Waals surface area (Å²) in [6.07, 6.45) is 0. The van der Waals surface area contributed by atoms with E-state index in [0.29, 0.717) is 17.0 Å². The van der Waals surface area contributed by atoms with Crippen molar-refractivity contribution in [1.29, 1.82) is 0 Å². The summed E-state index contributed by atoms with van der Waals surface area (Å²) in [5, 5.41) is 19.2. The third-order valence-electron chi connectivity index (χ3n) is 4.53. The van der Waals surface area contributed by atoms with Crippen LogP contribution in [0.1, 0.15) is 25.5 Å². The molecule has 0 radical (unpaired) electrons. The Kier molecular flexibility index (Phi) is 5.16. The topological polar surface area (TPSA) is 118 Å². The Morgan fingerprint density at radius 1 is 1.07 bits per heavy atom. The highest BCUT2D eigenvalue weighted by molar-refractivity contribution is 6.00. The summed E-state index contributed by atoms with van der Waals surface area (Å²) in [5.41, 5.74) is 1.95. The number of allylic oxidation sites excluding steroid dienone is 2. The third-order valence-corrected chi connectivity index (χ3v) is 4.53.